The molecule has 0 spiro atoms. The Labute approximate surface area is 124 Å². The molecule has 1 saturated heterocycles. The Hall–Kier alpha value is -1.62. The van der Waals surface area contributed by atoms with Crippen LogP contribution in [0.1, 0.15) is 12.0 Å². The van der Waals surface area contributed by atoms with Crippen molar-refractivity contribution in [3.05, 3.63) is 42.0 Å². The van der Waals surface area contributed by atoms with Crippen LogP contribution < -0.4 is 5.32 Å². The van der Waals surface area contributed by atoms with Crippen molar-refractivity contribution in [2.24, 2.45) is 0 Å². The second-order valence-electron chi connectivity index (χ2n) is 5.58. The molecule has 1 heterocycles. The molecule has 2 N–H and O–H groups in total. The molecular weight excluding hydrogens is 266 g/mol. The van der Waals surface area contributed by atoms with Crippen molar-refractivity contribution in [2.75, 3.05) is 26.9 Å². The van der Waals surface area contributed by atoms with E-state index >= 15 is 0 Å². The van der Waals surface area contributed by atoms with E-state index < -0.39 is 0 Å². The van der Waals surface area contributed by atoms with Crippen LogP contribution in [-0.2, 0) is 16.0 Å². The first-order chi connectivity index (χ1) is 10.2. The topological polar surface area (TPSA) is 50.7 Å². The van der Waals surface area contributed by atoms with Gasteiger partial charge in [0.1, 0.15) is 11.4 Å². The molecule has 0 bridgehead atoms. The minimum atomic E-state index is -0.236. The van der Waals surface area contributed by atoms with E-state index in [2.05, 4.69) is 11.4 Å². The largest absolute Gasteiger partial charge is 0.508 e. The molecular formula is C17H21NO3. The first-order valence-electron chi connectivity index (χ1n) is 7.27. The number of benzene rings is 2. The number of methoxy groups -OCH3 is 1. The Balaban J connectivity index is 1.74. The Kier molecular flexibility index (Phi) is 4.10. The molecule has 2 aromatic rings. The number of ether oxygens (including phenoxy) is 2. The maximum absolute atomic E-state index is 10.1. The molecule has 0 saturated carbocycles. The summed E-state index contributed by atoms with van der Waals surface area (Å²) in [4.78, 5) is 0. The second kappa shape index (κ2) is 6.02. The molecule has 0 radical (unpaired) electrons. The van der Waals surface area contributed by atoms with Crippen LogP contribution in [0.4, 0.5) is 0 Å². The van der Waals surface area contributed by atoms with Gasteiger partial charge in [0.15, 0.2) is 0 Å². The lowest BCUT2D eigenvalue weighted by Crippen LogP contribution is -2.42. The highest BCUT2D eigenvalue weighted by Gasteiger charge is 2.34. The summed E-state index contributed by atoms with van der Waals surface area (Å²) in [5.74, 6) is 0.329. The molecule has 1 unspecified atom stereocenters. The van der Waals surface area contributed by atoms with Crippen molar-refractivity contribution in [2.45, 2.75) is 18.6 Å². The van der Waals surface area contributed by atoms with Gasteiger partial charge in [-0.1, -0.05) is 30.3 Å². The summed E-state index contributed by atoms with van der Waals surface area (Å²) in [6, 6.07) is 11.8. The maximum Gasteiger partial charge on any atom is 0.120 e. The highest BCUT2D eigenvalue weighted by Crippen LogP contribution is 2.27. The monoisotopic (exact) mass is 287 g/mol. The Morgan fingerprint density at radius 2 is 2.14 bits per heavy atom. The van der Waals surface area contributed by atoms with Crippen molar-refractivity contribution in [3.63, 3.8) is 0 Å². The summed E-state index contributed by atoms with van der Waals surface area (Å²) in [7, 11) is 1.73. The highest BCUT2D eigenvalue weighted by molar-refractivity contribution is 5.87. The van der Waals surface area contributed by atoms with Crippen LogP contribution in [0.3, 0.4) is 0 Å². The van der Waals surface area contributed by atoms with Gasteiger partial charge in [-0.05, 0) is 16.8 Å². The third-order valence-corrected chi connectivity index (χ3v) is 4.26. The van der Waals surface area contributed by atoms with Crippen LogP contribution in [0, 0.1) is 0 Å². The van der Waals surface area contributed by atoms with E-state index in [-0.39, 0.29) is 5.60 Å². The van der Waals surface area contributed by atoms with Crippen molar-refractivity contribution >= 4 is 10.8 Å². The molecule has 0 aliphatic carbocycles. The fourth-order valence-electron chi connectivity index (χ4n) is 2.89. The first-order valence-corrected chi connectivity index (χ1v) is 7.27. The van der Waals surface area contributed by atoms with Gasteiger partial charge in [0, 0.05) is 38.8 Å². The molecule has 112 valence electrons. The van der Waals surface area contributed by atoms with Crippen molar-refractivity contribution < 1.29 is 14.6 Å². The van der Waals surface area contributed by atoms with E-state index in [1.165, 1.54) is 0 Å². The van der Waals surface area contributed by atoms with Crippen LogP contribution in [0.5, 0.6) is 5.75 Å². The Morgan fingerprint density at radius 3 is 2.90 bits per heavy atom. The lowest BCUT2D eigenvalue weighted by Gasteiger charge is -2.26. The number of phenolic OH excluding ortho intramolecular Hbond substituents is 1. The number of fused-ring (bicyclic) bond motifs is 1. The number of hydrogen-bond acceptors (Lipinski definition) is 4. The smallest absolute Gasteiger partial charge is 0.120 e. The zero-order valence-electron chi connectivity index (χ0n) is 12.3. The minimum Gasteiger partial charge on any atom is -0.508 e. The van der Waals surface area contributed by atoms with Gasteiger partial charge in [0.25, 0.3) is 0 Å². The van der Waals surface area contributed by atoms with Gasteiger partial charge in [0.05, 0.1) is 6.61 Å². The van der Waals surface area contributed by atoms with E-state index in [9.17, 15) is 5.11 Å². The van der Waals surface area contributed by atoms with Crippen molar-refractivity contribution in [3.8, 4) is 5.75 Å². The summed E-state index contributed by atoms with van der Waals surface area (Å²) in [5.41, 5.74) is 0.693. The molecule has 4 nitrogen and oxygen atoms in total. The van der Waals surface area contributed by atoms with Gasteiger partial charge in [-0.25, -0.2) is 0 Å². The van der Waals surface area contributed by atoms with E-state index in [0.29, 0.717) is 25.4 Å². The molecule has 1 aliphatic heterocycles. The van der Waals surface area contributed by atoms with Crippen molar-refractivity contribution in [1.29, 1.82) is 0 Å². The van der Waals surface area contributed by atoms with Crippen LogP contribution in [0.25, 0.3) is 10.8 Å². The first kappa shape index (κ1) is 14.3. The van der Waals surface area contributed by atoms with Gasteiger partial charge in [-0.15, -0.1) is 0 Å². The molecule has 1 fully saturated rings. The number of phenols is 1. The fraction of sp³-hybridized carbons (Fsp3) is 0.412. The molecule has 0 amide bonds. The lowest BCUT2D eigenvalue weighted by molar-refractivity contribution is -0.0159. The van der Waals surface area contributed by atoms with Gasteiger partial charge in [-0.3, -0.25) is 0 Å². The summed E-state index contributed by atoms with van der Waals surface area (Å²) >= 11 is 0. The number of nitrogens with one attached hydrogen (secondary N) is 1. The van der Waals surface area contributed by atoms with Crippen LogP contribution in [-0.4, -0.2) is 37.6 Å². The second-order valence-corrected chi connectivity index (χ2v) is 5.58. The van der Waals surface area contributed by atoms with Gasteiger partial charge >= 0.3 is 0 Å². The summed E-state index contributed by atoms with van der Waals surface area (Å²) in [6.45, 7) is 2.69. The quantitative estimate of drug-likeness (QED) is 0.887. The molecule has 2 aromatic carbocycles. The van der Waals surface area contributed by atoms with E-state index in [0.717, 1.165) is 29.4 Å². The molecule has 21 heavy (non-hydrogen) atoms. The maximum atomic E-state index is 10.1. The van der Waals surface area contributed by atoms with Crippen LogP contribution >= 0.6 is 0 Å². The van der Waals surface area contributed by atoms with Gasteiger partial charge in [0.2, 0.25) is 0 Å². The SMILES string of the molecule is COC1(CNCc2c(O)ccc3ccccc23)CCOC1. The number of aromatic hydroxyl groups is 1. The van der Waals surface area contributed by atoms with Crippen molar-refractivity contribution in [1.82, 2.24) is 5.32 Å². The fourth-order valence-corrected chi connectivity index (χ4v) is 2.89. The van der Waals surface area contributed by atoms with Crippen LogP contribution in [0.15, 0.2) is 36.4 Å². The molecule has 3 rings (SSSR count). The van der Waals surface area contributed by atoms with E-state index in [1.54, 1.807) is 13.2 Å². The highest BCUT2D eigenvalue weighted by atomic mass is 16.5. The normalized spacial score (nSPS) is 22.0. The predicted octanol–water partition coefficient (Wildman–Crippen LogP) is 2.44. The van der Waals surface area contributed by atoms with E-state index in [4.69, 9.17) is 9.47 Å². The molecule has 1 aliphatic rings. The van der Waals surface area contributed by atoms with Gasteiger partial charge in [-0.2, -0.15) is 0 Å². The molecule has 4 heteroatoms. The third kappa shape index (κ3) is 2.88. The zero-order chi connectivity index (χ0) is 14.7. The average molecular weight is 287 g/mol. The zero-order valence-corrected chi connectivity index (χ0v) is 12.3. The number of hydrogen-bond donors (Lipinski definition) is 2. The average Bonchev–Trinajstić information content (AvgIpc) is 2.99. The minimum absolute atomic E-state index is 0.236. The van der Waals surface area contributed by atoms with Gasteiger partial charge < -0.3 is 19.9 Å². The Bertz CT molecular complexity index is 620. The number of rotatable bonds is 5. The summed E-state index contributed by atoms with van der Waals surface area (Å²) in [5, 5.41) is 15.7. The lowest BCUT2D eigenvalue weighted by atomic mass is 10.0. The Morgan fingerprint density at radius 1 is 1.29 bits per heavy atom. The summed E-state index contributed by atoms with van der Waals surface area (Å²) < 4.78 is 11.0. The third-order valence-electron chi connectivity index (χ3n) is 4.26. The summed E-state index contributed by atoms with van der Waals surface area (Å²) in [6.07, 6.45) is 0.901. The van der Waals surface area contributed by atoms with Crippen LogP contribution in [0.2, 0.25) is 0 Å². The standard InChI is InChI=1S/C17H21NO3/c1-20-17(8-9-21-12-17)11-18-10-15-14-5-3-2-4-13(14)6-7-16(15)19/h2-7,18-19H,8-12H2,1H3. The molecule has 1 atom stereocenters. The molecule has 0 aromatic heterocycles. The predicted molar refractivity (Wildman–Crippen MR) is 82.5 cm³/mol. The van der Waals surface area contributed by atoms with E-state index in [1.807, 2.05) is 24.3 Å².